The van der Waals surface area contributed by atoms with Crippen LogP contribution < -0.4 is 5.32 Å². The monoisotopic (exact) mass is 332 g/mol. The third kappa shape index (κ3) is 4.85. The number of carbonyl (C=O) groups excluding carboxylic acids is 1. The molecule has 0 saturated heterocycles. The van der Waals surface area contributed by atoms with Crippen LogP contribution in [0.25, 0.3) is 12.2 Å². The van der Waals surface area contributed by atoms with Gasteiger partial charge in [-0.2, -0.15) is 0 Å². The summed E-state index contributed by atoms with van der Waals surface area (Å²) >= 11 is 0. The first-order valence-electron chi connectivity index (χ1n) is 7.93. The Balaban J connectivity index is 1.66. The summed E-state index contributed by atoms with van der Waals surface area (Å²) in [5, 5.41) is 2.80. The highest BCUT2D eigenvalue weighted by Crippen LogP contribution is 2.14. The smallest absolute Gasteiger partial charge is 0.228 e. The van der Waals surface area contributed by atoms with Crippen LogP contribution in [-0.2, 0) is 11.2 Å². The summed E-state index contributed by atoms with van der Waals surface area (Å²) < 4.78 is 13.6. The highest BCUT2D eigenvalue weighted by molar-refractivity contribution is 5.92. The number of pyridine rings is 1. The Labute approximate surface area is 145 Å². The van der Waals surface area contributed by atoms with Crippen LogP contribution in [0.5, 0.6) is 0 Å². The summed E-state index contributed by atoms with van der Waals surface area (Å²) in [5.41, 5.74) is 2.85. The number of carbonyl (C=O) groups is 1. The molecular formula is C21H17FN2O. The molecule has 0 saturated carbocycles. The van der Waals surface area contributed by atoms with Gasteiger partial charge in [0, 0.05) is 11.9 Å². The Morgan fingerprint density at radius 1 is 1.00 bits per heavy atom. The van der Waals surface area contributed by atoms with E-state index in [-0.39, 0.29) is 18.1 Å². The third-order valence-electron chi connectivity index (χ3n) is 3.61. The highest BCUT2D eigenvalue weighted by Gasteiger charge is 2.08. The van der Waals surface area contributed by atoms with Crippen LogP contribution in [0.2, 0.25) is 0 Å². The Morgan fingerprint density at radius 3 is 2.64 bits per heavy atom. The molecule has 0 fully saturated rings. The van der Waals surface area contributed by atoms with E-state index in [1.807, 2.05) is 48.6 Å². The van der Waals surface area contributed by atoms with Crippen LogP contribution in [0.1, 0.15) is 16.8 Å². The Bertz CT molecular complexity index is 891. The van der Waals surface area contributed by atoms with Crippen molar-refractivity contribution in [3.8, 4) is 0 Å². The molecule has 0 radical (unpaired) electrons. The molecule has 124 valence electrons. The first-order valence-corrected chi connectivity index (χ1v) is 7.93. The summed E-state index contributed by atoms with van der Waals surface area (Å²) in [4.78, 5) is 16.3. The van der Waals surface area contributed by atoms with Crippen molar-refractivity contribution in [3.63, 3.8) is 0 Å². The van der Waals surface area contributed by atoms with Gasteiger partial charge in [-0.05, 0) is 47.5 Å². The number of aromatic nitrogens is 1. The quantitative estimate of drug-likeness (QED) is 0.743. The predicted octanol–water partition coefficient (Wildman–Crippen LogP) is 4.57. The van der Waals surface area contributed by atoms with Crippen molar-refractivity contribution in [2.45, 2.75) is 6.42 Å². The molecule has 0 aliphatic heterocycles. The Morgan fingerprint density at radius 2 is 1.84 bits per heavy atom. The SMILES string of the molecule is O=C(Cc1ccccc1F)Nc1cccc(C=Cc2ccccn2)c1. The zero-order valence-corrected chi connectivity index (χ0v) is 13.5. The van der Waals surface area contributed by atoms with Crippen LogP contribution in [0.4, 0.5) is 10.1 Å². The predicted molar refractivity (Wildman–Crippen MR) is 98.3 cm³/mol. The number of anilines is 1. The van der Waals surface area contributed by atoms with Gasteiger partial charge in [0.15, 0.2) is 0 Å². The van der Waals surface area contributed by atoms with Gasteiger partial charge in [0.2, 0.25) is 5.91 Å². The zero-order valence-electron chi connectivity index (χ0n) is 13.5. The van der Waals surface area contributed by atoms with E-state index in [0.29, 0.717) is 11.3 Å². The fourth-order valence-corrected chi connectivity index (χ4v) is 2.40. The van der Waals surface area contributed by atoms with Gasteiger partial charge in [-0.25, -0.2) is 4.39 Å². The lowest BCUT2D eigenvalue weighted by Crippen LogP contribution is -2.15. The van der Waals surface area contributed by atoms with Gasteiger partial charge in [-0.3, -0.25) is 9.78 Å². The Hall–Kier alpha value is -3.27. The second kappa shape index (κ2) is 8.02. The number of benzene rings is 2. The molecular weight excluding hydrogens is 315 g/mol. The van der Waals surface area contributed by atoms with Gasteiger partial charge in [0.25, 0.3) is 0 Å². The Kier molecular flexibility index (Phi) is 5.32. The standard InChI is InChI=1S/C21H17FN2O/c22-20-10-2-1-7-17(20)15-21(25)24-19-9-5-6-16(14-19)11-12-18-8-3-4-13-23-18/h1-14H,15H2,(H,24,25). The first-order chi connectivity index (χ1) is 12.2. The molecule has 3 aromatic rings. The largest absolute Gasteiger partial charge is 0.326 e. The topological polar surface area (TPSA) is 42.0 Å². The van der Waals surface area contributed by atoms with Crippen LogP contribution in [0, 0.1) is 5.82 Å². The fourth-order valence-electron chi connectivity index (χ4n) is 2.40. The maximum absolute atomic E-state index is 13.6. The van der Waals surface area contributed by atoms with Gasteiger partial charge < -0.3 is 5.32 Å². The number of amides is 1. The average molecular weight is 332 g/mol. The molecule has 0 unspecified atom stereocenters. The second-order valence-corrected chi connectivity index (χ2v) is 5.53. The molecule has 0 aliphatic rings. The van der Waals surface area contributed by atoms with Crippen molar-refractivity contribution in [2.24, 2.45) is 0 Å². The molecule has 0 atom stereocenters. The third-order valence-corrected chi connectivity index (χ3v) is 3.61. The molecule has 1 aromatic heterocycles. The van der Waals surface area contributed by atoms with Gasteiger partial charge in [-0.15, -0.1) is 0 Å². The van der Waals surface area contributed by atoms with E-state index in [0.717, 1.165) is 11.3 Å². The van der Waals surface area contributed by atoms with E-state index in [9.17, 15) is 9.18 Å². The van der Waals surface area contributed by atoms with Crippen molar-refractivity contribution < 1.29 is 9.18 Å². The molecule has 1 heterocycles. The number of nitrogens with zero attached hydrogens (tertiary/aromatic N) is 1. The molecule has 1 amide bonds. The van der Waals surface area contributed by atoms with E-state index in [1.165, 1.54) is 6.07 Å². The van der Waals surface area contributed by atoms with E-state index < -0.39 is 0 Å². The van der Waals surface area contributed by atoms with Crippen LogP contribution in [-0.4, -0.2) is 10.9 Å². The normalized spacial score (nSPS) is 10.8. The van der Waals surface area contributed by atoms with Crippen molar-refractivity contribution in [3.05, 3.63) is 95.6 Å². The van der Waals surface area contributed by atoms with Crippen molar-refractivity contribution in [2.75, 3.05) is 5.32 Å². The molecule has 25 heavy (non-hydrogen) atoms. The van der Waals surface area contributed by atoms with E-state index in [4.69, 9.17) is 0 Å². The highest BCUT2D eigenvalue weighted by atomic mass is 19.1. The first kappa shape index (κ1) is 16.6. The number of hydrogen-bond donors (Lipinski definition) is 1. The fraction of sp³-hybridized carbons (Fsp3) is 0.0476. The van der Waals surface area contributed by atoms with Gasteiger partial charge in [-0.1, -0.05) is 42.5 Å². The number of rotatable bonds is 5. The zero-order chi connectivity index (χ0) is 17.5. The van der Waals surface area contributed by atoms with Gasteiger partial charge in [0.1, 0.15) is 5.82 Å². The minimum atomic E-state index is -0.371. The molecule has 0 spiro atoms. The number of hydrogen-bond acceptors (Lipinski definition) is 2. The summed E-state index contributed by atoms with van der Waals surface area (Å²) in [6.45, 7) is 0. The second-order valence-electron chi connectivity index (χ2n) is 5.53. The molecule has 4 heteroatoms. The van der Waals surface area contributed by atoms with Crippen molar-refractivity contribution in [1.82, 2.24) is 4.98 Å². The maximum atomic E-state index is 13.6. The van der Waals surface area contributed by atoms with Crippen LogP contribution >= 0.6 is 0 Å². The molecule has 2 aromatic carbocycles. The number of nitrogens with one attached hydrogen (secondary N) is 1. The summed E-state index contributed by atoms with van der Waals surface area (Å²) in [7, 11) is 0. The lowest BCUT2D eigenvalue weighted by atomic mass is 10.1. The van der Waals surface area contributed by atoms with E-state index in [1.54, 1.807) is 30.5 Å². The molecule has 0 bridgehead atoms. The van der Waals surface area contributed by atoms with Crippen molar-refractivity contribution >= 4 is 23.7 Å². The summed E-state index contributed by atoms with van der Waals surface area (Å²) in [5.74, 6) is -0.624. The maximum Gasteiger partial charge on any atom is 0.228 e. The van der Waals surface area contributed by atoms with E-state index in [2.05, 4.69) is 10.3 Å². The number of halogens is 1. The summed E-state index contributed by atoms with van der Waals surface area (Å²) in [6.07, 6.45) is 5.56. The van der Waals surface area contributed by atoms with Crippen LogP contribution in [0.3, 0.4) is 0 Å². The lowest BCUT2D eigenvalue weighted by molar-refractivity contribution is -0.115. The van der Waals surface area contributed by atoms with Crippen LogP contribution in [0.15, 0.2) is 72.9 Å². The van der Waals surface area contributed by atoms with Gasteiger partial charge in [0.05, 0.1) is 12.1 Å². The molecule has 0 aliphatic carbocycles. The van der Waals surface area contributed by atoms with Gasteiger partial charge >= 0.3 is 0 Å². The minimum absolute atomic E-state index is 0.000670. The lowest BCUT2D eigenvalue weighted by Gasteiger charge is -2.07. The molecule has 3 rings (SSSR count). The van der Waals surface area contributed by atoms with Crippen molar-refractivity contribution in [1.29, 1.82) is 0 Å². The average Bonchev–Trinajstić information content (AvgIpc) is 2.63. The molecule has 1 N–H and O–H groups in total. The molecule has 3 nitrogen and oxygen atoms in total. The van der Waals surface area contributed by atoms with E-state index >= 15 is 0 Å². The minimum Gasteiger partial charge on any atom is -0.326 e. The summed E-state index contributed by atoms with van der Waals surface area (Å²) in [6, 6.07) is 19.4.